The molecule has 7 nitrogen and oxygen atoms in total. The molecule has 1 aliphatic heterocycles. The highest BCUT2D eigenvalue weighted by Crippen LogP contribution is 2.47. The van der Waals surface area contributed by atoms with E-state index in [-0.39, 0.29) is 18.2 Å². The van der Waals surface area contributed by atoms with Crippen LogP contribution in [0.15, 0.2) is 24.3 Å². The molecule has 1 aliphatic rings. The summed E-state index contributed by atoms with van der Waals surface area (Å²) in [6, 6.07) is 5.48. The van der Waals surface area contributed by atoms with Gasteiger partial charge in [-0.2, -0.15) is 43.9 Å². The van der Waals surface area contributed by atoms with E-state index in [0.29, 0.717) is 4.90 Å². The summed E-state index contributed by atoms with van der Waals surface area (Å²) >= 11 is 0. The largest absolute Gasteiger partial charge is 0.453 e. The number of amides is 2. The molecule has 2 rings (SSSR count). The predicted octanol–water partition coefficient (Wildman–Crippen LogP) is 3.94. The Balaban J connectivity index is 1.94. The number of fused-ring (bicyclic) bond motifs is 1. The minimum absolute atomic E-state index is 0.00103. The molecule has 0 unspecified atom stereocenters. The molecule has 0 aromatic heterocycles. The fourth-order valence-corrected chi connectivity index (χ4v) is 2.46. The normalized spacial score (nSPS) is 15.8. The van der Waals surface area contributed by atoms with E-state index < -0.39 is 62.1 Å². The Morgan fingerprint density at radius 3 is 1.65 bits per heavy atom. The highest BCUT2D eigenvalue weighted by atomic mass is 19.4. The van der Waals surface area contributed by atoms with Gasteiger partial charge < -0.3 is 9.47 Å². The van der Waals surface area contributed by atoms with Crippen LogP contribution in [0.2, 0.25) is 0 Å². The van der Waals surface area contributed by atoms with E-state index in [1.165, 1.54) is 24.3 Å². The maximum absolute atomic E-state index is 13.5. The van der Waals surface area contributed by atoms with Crippen LogP contribution in [0.4, 0.5) is 43.9 Å². The lowest BCUT2D eigenvalue weighted by Crippen LogP contribution is -2.56. The summed E-state index contributed by atoms with van der Waals surface area (Å²) < 4.78 is 143. The van der Waals surface area contributed by atoms with Crippen LogP contribution in [-0.4, -0.2) is 74.1 Å². The summed E-state index contributed by atoms with van der Waals surface area (Å²) in [5.41, 5.74) is -0.00206. The van der Waals surface area contributed by atoms with Crippen molar-refractivity contribution in [1.29, 1.82) is 0 Å². The summed E-state index contributed by atoms with van der Waals surface area (Å²) in [7, 11) is -0.0997. The second-order valence-corrected chi connectivity index (χ2v) is 6.47. The monoisotopic (exact) mass is 517 g/mol. The Bertz CT molecular complexity index is 891. The maximum atomic E-state index is 13.5. The molecule has 17 heteroatoms. The molecule has 0 atom stereocenters. The lowest BCUT2D eigenvalue weighted by Gasteiger charge is -2.32. The Morgan fingerprint density at radius 2 is 1.18 bits per heavy atom. The van der Waals surface area contributed by atoms with Gasteiger partial charge in [-0.15, -0.1) is 0 Å². The zero-order valence-corrected chi connectivity index (χ0v) is 16.6. The van der Waals surface area contributed by atoms with Crippen molar-refractivity contribution in [2.24, 2.45) is 0 Å². The van der Waals surface area contributed by atoms with Gasteiger partial charge in [0.05, 0.1) is 24.3 Å². The van der Waals surface area contributed by atoms with Crippen LogP contribution in [0.1, 0.15) is 20.7 Å². The van der Waals surface area contributed by atoms with Crippen molar-refractivity contribution in [3.8, 4) is 0 Å². The molecule has 34 heavy (non-hydrogen) atoms. The first-order chi connectivity index (χ1) is 15.4. The molecular formula is C17H13F10NO6. The van der Waals surface area contributed by atoms with Gasteiger partial charge in [-0.25, -0.2) is 9.47 Å². The number of imide groups is 1. The van der Waals surface area contributed by atoms with Gasteiger partial charge in [-0.1, -0.05) is 12.1 Å². The number of methoxy groups -OCH3 is 1. The smallest absolute Gasteiger partial charge is 0.371 e. The van der Waals surface area contributed by atoms with E-state index in [0.717, 1.165) is 0 Å². The standard InChI is InChI=1S/C17H13F10NO6/c1-31-14(20,21)15(22,23)34-17(26,27)16(24,25)33-13(18,19)8-32-7-6-28-11(29)9-4-2-3-5-10(9)12(28)30/h2-5H,6-8H2,1H3. The third kappa shape index (κ3) is 5.59. The van der Waals surface area contributed by atoms with E-state index in [1.807, 2.05) is 0 Å². The SMILES string of the molecule is COC(F)(F)C(F)(F)OC(F)(F)C(F)(F)OC(F)(F)COCCN1C(=O)c2ccccc2C1=O. The molecule has 1 aromatic rings. The van der Waals surface area contributed by atoms with Crippen LogP contribution in [-0.2, 0) is 18.9 Å². The Labute approximate surface area is 183 Å². The van der Waals surface area contributed by atoms with Gasteiger partial charge in [-0.05, 0) is 12.1 Å². The molecule has 0 bridgehead atoms. The third-order valence-electron chi connectivity index (χ3n) is 4.08. The van der Waals surface area contributed by atoms with E-state index in [9.17, 15) is 53.5 Å². The summed E-state index contributed by atoms with van der Waals surface area (Å²) in [4.78, 5) is 24.7. The first-order valence-electron chi connectivity index (χ1n) is 8.75. The van der Waals surface area contributed by atoms with Crippen LogP contribution >= 0.6 is 0 Å². The lowest BCUT2D eigenvalue weighted by atomic mass is 10.1. The van der Waals surface area contributed by atoms with Crippen LogP contribution in [0.25, 0.3) is 0 Å². The van der Waals surface area contributed by atoms with Crippen molar-refractivity contribution in [3.05, 3.63) is 35.4 Å². The van der Waals surface area contributed by atoms with Gasteiger partial charge in [0.1, 0.15) is 6.61 Å². The number of ether oxygens (including phenoxy) is 4. The third-order valence-corrected chi connectivity index (χ3v) is 4.08. The molecule has 0 aliphatic carbocycles. The number of halogens is 10. The number of benzene rings is 1. The van der Waals surface area contributed by atoms with Gasteiger partial charge >= 0.3 is 30.5 Å². The quantitative estimate of drug-likeness (QED) is 0.238. The Kier molecular flexibility index (Phi) is 7.57. The van der Waals surface area contributed by atoms with Crippen molar-refractivity contribution < 1.29 is 72.4 Å². The molecule has 0 saturated heterocycles. The fourth-order valence-electron chi connectivity index (χ4n) is 2.46. The number of hydrogen-bond acceptors (Lipinski definition) is 6. The molecule has 1 heterocycles. The number of rotatable bonds is 12. The van der Waals surface area contributed by atoms with Gasteiger partial charge in [0.2, 0.25) is 0 Å². The average molecular weight is 517 g/mol. The molecule has 192 valence electrons. The average Bonchev–Trinajstić information content (AvgIpc) is 2.94. The fraction of sp³-hybridized carbons (Fsp3) is 0.529. The second kappa shape index (κ2) is 9.27. The second-order valence-electron chi connectivity index (χ2n) is 6.47. The zero-order valence-electron chi connectivity index (χ0n) is 16.6. The van der Waals surface area contributed by atoms with Crippen LogP contribution in [0.5, 0.6) is 0 Å². The summed E-state index contributed by atoms with van der Waals surface area (Å²) in [6.07, 6.45) is -30.8. The van der Waals surface area contributed by atoms with Crippen LogP contribution in [0.3, 0.4) is 0 Å². The Morgan fingerprint density at radius 1 is 0.735 bits per heavy atom. The summed E-state index contributed by atoms with van der Waals surface area (Å²) in [5, 5.41) is 0. The van der Waals surface area contributed by atoms with Gasteiger partial charge in [0, 0.05) is 7.11 Å². The lowest BCUT2D eigenvalue weighted by molar-refractivity contribution is -0.544. The number of carbonyl (C=O) groups is 2. The van der Waals surface area contributed by atoms with Gasteiger partial charge in [0.15, 0.2) is 0 Å². The minimum Gasteiger partial charge on any atom is -0.371 e. The predicted molar refractivity (Wildman–Crippen MR) is 86.5 cm³/mol. The van der Waals surface area contributed by atoms with E-state index >= 15 is 0 Å². The van der Waals surface area contributed by atoms with E-state index in [4.69, 9.17) is 0 Å². The van der Waals surface area contributed by atoms with Crippen molar-refractivity contribution in [2.75, 3.05) is 26.9 Å². The first kappa shape index (κ1) is 27.7. The molecule has 0 fully saturated rings. The Hall–Kier alpha value is -2.50. The molecule has 0 saturated carbocycles. The molecule has 0 radical (unpaired) electrons. The van der Waals surface area contributed by atoms with Crippen molar-refractivity contribution in [3.63, 3.8) is 0 Å². The number of carbonyl (C=O) groups excluding carboxylic acids is 2. The molecule has 1 aromatic carbocycles. The first-order valence-corrected chi connectivity index (χ1v) is 8.75. The van der Waals surface area contributed by atoms with E-state index in [2.05, 4.69) is 18.9 Å². The molecule has 0 N–H and O–H groups in total. The molecule has 0 spiro atoms. The van der Waals surface area contributed by atoms with Crippen LogP contribution in [0, 0.1) is 0 Å². The minimum atomic E-state index is -6.69. The highest BCUT2D eigenvalue weighted by Gasteiger charge is 2.72. The van der Waals surface area contributed by atoms with Crippen molar-refractivity contribution >= 4 is 11.8 Å². The summed E-state index contributed by atoms with van der Waals surface area (Å²) in [5.74, 6) is -1.63. The van der Waals surface area contributed by atoms with Gasteiger partial charge in [0.25, 0.3) is 11.8 Å². The number of nitrogens with zero attached hydrogens (tertiary/aromatic N) is 1. The highest BCUT2D eigenvalue weighted by molar-refractivity contribution is 6.21. The maximum Gasteiger partial charge on any atom is 0.453 e. The zero-order chi connectivity index (χ0) is 26.2. The number of hydrogen-bond donors (Lipinski definition) is 0. The van der Waals surface area contributed by atoms with Crippen molar-refractivity contribution in [1.82, 2.24) is 4.90 Å². The molecular weight excluding hydrogens is 504 g/mol. The van der Waals surface area contributed by atoms with Gasteiger partial charge in [-0.3, -0.25) is 14.5 Å². The number of alkyl halides is 10. The van der Waals surface area contributed by atoms with Crippen molar-refractivity contribution in [2.45, 2.75) is 30.5 Å². The van der Waals surface area contributed by atoms with E-state index in [1.54, 1.807) is 0 Å². The van der Waals surface area contributed by atoms with Crippen LogP contribution < -0.4 is 0 Å². The molecule has 2 amide bonds. The summed E-state index contributed by atoms with van der Waals surface area (Å²) in [6.45, 7) is -3.75. The topological polar surface area (TPSA) is 74.3 Å².